The first kappa shape index (κ1) is 17.2. The molecule has 1 unspecified atom stereocenters. The number of piperidine rings is 1. The van der Waals surface area contributed by atoms with Gasteiger partial charge in [0.25, 0.3) is 0 Å². The molecule has 0 aliphatic carbocycles. The molecule has 0 radical (unpaired) electrons. The molecule has 2 fully saturated rings. The highest BCUT2D eigenvalue weighted by Gasteiger charge is 2.24. The summed E-state index contributed by atoms with van der Waals surface area (Å²) in [4.78, 5) is 13.0. The topological polar surface area (TPSA) is 47.5 Å². The molecule has 25 heavy (non-hydrogen) atoms. The van der Waals surface area contributed by atoms with Crippen LogP contribution in [0.2, 0.25) is 0 Å². The summed E-state index contributed by atoms with van der Waals surface area (Å²) < 4.78 is 11.9. The third-order valence-corrected chi connectivity index (χ3v) is 6.01. The molecule has 5 nitrogen and oxygen atoms in total. The van der Waals surface area contributed by atoms with Crippen molar-refractivity contribution in [3.63, 3.8) is 0 Å². The van der Waals surface area contributed by atoms with Gasteiger partial charge in [-0.15, -0.1) is 11.3 Å². The van der Waals surface area contributed by atoms with Gasteiger partial charge in [0.15, 0.2) is 0 Å². The van der Waals surface area contributed by atoms with Crippen molar-refractivity contribution in [3.05, 3.63) is 17.3 Å². The molecule has 0 amide bonds. The van der Waals surface area contributed by atoms with Gasteiger partial charge in [-0.05, 0) is 43.6 Å². The monoisotopic (exact) mass is 361 g/mol. The largest absolute Gasteiger partial charge is 0.376 e. The minimum Gasteiger partial charge on any atom is -0.376 e. The van der Waals surface area contributed by atoms with E-state index in [0.717, 1.165) is 68.5 Å². The maximum absolute atomic E-state index is 6.14. The number of nitrogens with zero attached hydrogens (tertiary/aromatic N) is 3. The quantitative estimate of drug-likeness (QED) is 0.810. The van der Waals surface area contributed by atoms with E-state index in [1.165, 1.54) is 18.2 Å². The summed E-state index contributed by atoms with van der Waals surface area (Å²) in [6.45, 7) is 5.78. The van der Waals surface area contributed by atoms with Gasteiger partial charge in [0.2, 0.25) is 0 Å². The highest BCUT2D eigenvalue weighted by atomic mass is 32.1. The highest BCUT2D eigenvalue weighted by Crippen LogP contribution is 2.30. The second kappa shape index (κ2) is 7.98. The van der Waals surface area contributed by atoms with E-state index in [9.17, 15) is 0 Å². The molecule has 2 saturated heterocycles. The summed E-state index contributed by atoms with van der Waals surface area (Å²) >= 11 is 1.70. The number of aryl methyl sites for hydroxylation is 1. The van der Waals surface area contributed by atoms with Gasteiger partial charge in [-0.3, -0.25) is 0 Å². The van der Waals surface area contributed by atoms with Crippen LogP contribution in [0.1, 0.15) is 44.9 Å². The number of hydrogen-bond donors (Lipinski definition) is 0. The fourth-order valence-electron chi connectivity index (χ4n) is 3.70. The first-order valence-electron chi connectivity index (χ1n) is 9.55. The lowest BCUT2D eigenvalue weighted by Crippen LogP contribution is -2.39. The molecular formula is C19H27N3O2S. The zero-order chi connectivity index (χ0) is 17.1. The molecule has 4 rings (SSSR count). The standard InChI is InChI=1S/C19H27N3O2S/c1-2-17-20-18(16-8-12-25-19(16)21-17)22-9-6-14(7-10-22)24-13-15-5-3-4-11-23-15/h8,12,14-15H,2-7,9-11,13H2,1H3. The summed E-state index contributed by atoms with van der Waals surface area (Å²) in [5, 5.41) is 3.31. The van der Waals surface area contributed by atoms with Crippen LogP contribution >= 0.6 is 11.3 Å². The smallest absolute Gasteiger partial charge is 0.141 e. The number of thiophene rings is 1. The van der Waals surface area contributed by atoms with Gasteiger partial charge in [0.05, 0.1) is 24.2 Å². The van der Waals surface area contributed by atoms with Gasteiger partial charge in [0, 0.05) is 26.1 Å². The van der Waals surface area contributed by atoms with E-state index in [0.29, 0.717) is 12.2 Å². The molecule has 2 aliphatic heterocycles. The van der Waals surface area contributed by atoms with Crippen LogP contribution in [0, 0.1) is 0 Å². The Balaban J connectivity index is 1.36. The molecule has 1 atom stereocenters. The first-order valence-corrected chi connectivity index (χ1v) is 10.4. The van der Waals surface area contributed by atoms with Crippen LogP contribution < -0.4 is 4.90 Å². The average Bonchev–Trinajstić information content (AvgIpc) is 3.15. The number of hydrogen-bond acceptors (Lipinski definition) is 6. The summed E-state index contributed by atoms with van der Waals surface area (Å²) in [5.74, 6) is 2.05. The lowest BCUT2D eigenvalue weighted by atomic mass is 10.1. The first-order chi connectivity index (χ1) is 12.3. The maximum atomic E-state index is 6.14. The van der Waals surface area contributed by atoms with Crippen LogP contribution in [-0.4, -0.2) is 48.5 Å². The molecule has 4 heterocycles. The fraction of sp³-hybridized carbons (Fsp3) is 0.684. The SMILES string of the molecule is CCc1nc(N2CCC(OCC3CCCCO3)CC2)c2ccsc2n1. The Morgan fingerprint density at radius 3 is 2.88 bits per heavy atom. The van der Waals surface area contributed by atoms with E-state index < -0.39 is 0 Å². The maximum Gasteiger partial charge on any atom is 0.141 e. The Kier molecular flexibility index (Phi) is 5.48. The van der Waals surface area contributed by atoms with Crippen LogP contribution in [0.5, 0.6) is 0 Å². The summed E-state index contributed by atoms with van der Waals surface area (Å²) in [6, 6.07) is 2.15. The lowest BCUT2D eigenvalue weighted by molar-refractivity contribution is -0.0672. The molecule has 0 N–H and O–H groups in total. The minimum absolute atomic E-state index is 0.311. The van der Waals surface area contributed by atoms with Crippen molar-refractivity contribution in [2.45, 2.75) is 57.7 Å². The number of anilines is 1. The normalized spacial score (nSPS) is 22.6. The fourth-order valence-corrected chi connectivity index (χ4v) is 4.48. The van der Waals surface area contributed by atoms with Crippen molar-refractivity contribution < 1.29 is 9.47 Å². The molecule has 0 aromatic carbocycles. The van der Waals surface area contributed by atoms with Crippen molar-refractivity contribution >= 4 is 27.4 Å². The van der Waals surface area contributed by atoms with Crippen molar-refractivity contribution in [1.29, 1.82) is 0 Å². The van der Waals surface area contributed by atoms with Crippen LogP contribution in [0.15, 0.2) is 11.4 Å². The average molecular weight is 362 g/mol. The van der Waals surface area contributed by atoms with Gasteiger partial charge >= 0.3 is 0 Å². The zero-order valence-corrected chi connectivity index (χ0v) is 15.8. The van der Waals surface area contributed by atoms with Crippen LogP contribution in [0.25, 0.3) is 10.2 Å². The second-order valence-corrected chi connectivity index (χ2v) is 7.86. The second-order valence-electron chi connectivity index (χ2n) is 6.96. The third-order valence-electron chi connectivity index (χ3n) is 5.20. The molecule has 0 spiro atoms. The van der Waals surface area contributed by atoms with E-state index in [4.69, 9.17) is 14.5 Å². The number of rotatable bonds is 5. The van der Waals surface area contributed by atoms with Crippen molar-refractivity contribution in [1.82, 2.24) is 9.97 Å². The van der Waals surface area contributed by atoms with Crippen LogP contribution in [-0.2, 0) is 15.9 Å². The van der Waals surface area contributed by atoms with Crippen molar-refractivity contribution in [2.75, 3.05) is 31.2 Å². The molecule has 136 valence electrons. The Morgan fingerprint density at radius 1 is 1.24 bits per heavy atom. The summed E-state index contributed by atoms with van der Waals surface area (Å²) in [7, 11) is 0. The van der Waals surface area contributed by atoms with Gasteiger partial charge in [-0.1, -0.05) is 6.92 Å². The Bertz CT molecular complexity index is 691. The summed E-state index contributed by atoms with van der Waals surface area (Å²) in [6.07, 6.45) is 7.28. The van der Waals surface area contributed by atoms with E-state index in [1.54, 1.807) is 11.3 Å². The van der Waals surface area contributed by atoms with Crippen molar-refractivity contribution in [2.24, 2.45) is 0 Å². The molecule has 6 heteroatoms. The van der Waals surface area contributed by atoms with E-state index in [1.807, 2.05) is 0 Å². The summed E-state index contributed by atoms with van der Waals surface area (Å²) in [5.41, 5.74) is 0. The molecule has 2 aromatic heterocycles. The molecule has 0 bridgehead atoms. The van der Waals surface area contributed by atoms with Crippen molar-refractivity contribution in [3.8, 4) is 0 Å². The van der Waals surface area contributed by atoms with Gasteiger partial charge in [-0.2, -0.15) is 0 Å². The highest BCUT2D eigenvalue weighted by molar-refractivity contribution is 7.16. The predicted octanol–water partition coefficient (Wildman–Crippen LogP) is 3.81. The third kappa shape index (κ3) is 3.96. The predicted molar refractivity (Wildman–Crippen MR) is 102 cm³/mol. The number of ether oxygens (including phenoxy) is 2. The van der Waals surface area contributed by atoms with E-state index in [2.05, 4.69) is 28.3 Å². The van der Waals surface area contributed by atoms with Crippen LogP contribution in [0.4, 0.5) is 5.82 Å². The Morgan fingerprint density at radius 2 is 2.12 bits per heavy atom. The van der Waals surface area contributed by atoms with Gasteiger partial charge in [-0.25, -0.2) is 9.97 Å². The lowest BCUT2D eigenvalue weighted by Gasteiger charge is -2.34. The van der Waals surface area contributed by atoms with Gasteiger partial charge in [0.1, 0.15) is 16.5 Å². The Hall–Kier alpha value is -1.24. The zero-order valence-electron chi connectivity index (χ0n) is 14.9. The molecule has 2 aromatic rings. The molecule has 2 aliphatic rings. The van der Waals surface area contributed by atoms with E-state index >= 15 is 0 Å². The Labute approximate surface area is 153 Å². The van der Waals surface area contributed by atoms with E-state index in [-0.39, 0.29) is 0 Å². The minimum atomic E-state index is 0.311. The molecule has 0 saturated carbocycles. The number of aromatic nitrogens is 2. The van der Waals surface area contributed by atoms with Gasteiger partial charge < -0.3 is 14.4 Å². The molecular weight excluding hydrogens is 334 g/mol. The van der Waals surface area contributed by atoms with Crippen LogP contribution in [0.3, 0.4) is 0 Å². The number of fused-ring (bicyclic) bond motifs is 1.